The lowest BCUT2D eigenvalue weighted by molar-refractivity contribution is -0.0482. The molecule has 27 heavy (non-hydrogen) atoms. The number of para-hydroxylation sites is 1. The summed E-state index contributed by atoms with van der Waals surface area (Å²) < 4.78 is 2.62. The van der Waals surface area contributed by atoms with E-state index in [1.54, 1.807) is 6.42 Å². The molecular weight excluding hydrogens is 328 g/mol. The van der Waals surface area contributed by atoms with Crippen LogP contribution in [0.3, 0.4) is 0 Å². The summed E-state index contributed by atoms with van der Waals surface area (Å²) in [6, 6.07) is 14.6. The second-order valence-electron chi connectivity index (χ2n) is 10.1. The molecule has 4 bridgehead atoms. The van der Waals surface area contributed by atoms with Gasteiger partial charge in [0.25, 0.3) is 0 Å². The number of fused-ring (bicyclic) bond motifs is 5. The van der Waals surface area contributed by atoms with Crippen LogP contribution in [0.5, 0.6) is 0 Å². The predicted molar refractivity (Wildman–Crippen MR) is 112 cm³/mol. The third-order valence-electron chi connectivity index (χ3n) is 8.55. The van der Waals surface area contributed by atoms with Gasteiger partial charge in [-0.2, -0.15) is 0 Å². The maximum Gasteiger partial charge on any atom is 0.0482 e. The Hall–Kier alpha value is -1.28. The molecule has 0 N–H and O–H groups in total. The minimum absolute atomic E-state index is 0.708. The molecule has 2 aromatic rings. The van der Waals surface area contributed by atoms with Crippen LogP contribution in [0.25, 0.3) is 10.9 Å². The van der Waals surface area contributed by atoms with Gasteiger partial charge in [-0.05, 0) is 74.3 Å². The summed E-state index contributed by atoms with van der Waals surface area (Å²) in [5, 5.41) is 1.41. The van der Waals surface area contributed by atoms with E-state index in [9.17, 15) is 0 Å². The molecule has 2 saturated carbocycles. The molecule has 144 valence electrons. The Bertz CT molecular complexity index is 782. The first-order chi connectivity index (χ1) is 13.3. The summed E-state index contributed by atoms with van der Waals surface area (Å²) in [7, 11) is 0. The topological polar surface area (TPSA) is 8.17 Å². The normalized spacial score (nSPS) is 39.6. The molecule has 4 unspecified atom stereocenters. The van der Waals surface area contributed by atoms with Gasteiger partial charge in [-0.25, -0.2) is 0 Å². The SMILES string of the molecule is c1ccc2c(c1)ccn2C1CC2CCCC(C1)N2C1CC2CCCC(C2)C1. The molecule has 2 saturated heterocycles. The van der Waals surface area contributed by atoms with Crippen molar-refractivity contribution in [2.24, 2.45) is 11.8 Å². The first-order valence-corrected chi connectivity index (χ1v) is 11.7. The van der Waals surface area contributed by atoms with Gasteiger partial charge in [-0.3, -0.25) is 4.90 Å². The van der Waals surface area contributed by atoms with Gasteiger partial charge in [0.2, 0.25) is 0 Å². The first kappa shape index (κ1) is 16.7. The third kappa shape index (κ3) is 2.87. The summed E-state index contributed by atoms with van der Waals surface area (Å²) in [4.78, 5) is 3.08. The van der Waals surface area contributed by atoms with Crippen LogP contribution in [0.1, 0.15) is 76.7 Å². The molecular formula is C25H34N2. The molecule has 4 aliphatic rings. The van der Waals surface area contributed by atoms with E-state index in [1.807, 2.05) is 0 Å². The van der Waals surface area contributed by atoms with Crippen LogP contribution in [0.15, 0.2) is 36.5 Å². The standard InChI is InChI=1S/C25H34N2/c1-2-10-25-20(7-1)11-12-26(25)23-16-21-8-4-9-22(17-23)27(21)24-14-18-5-3-6-19(13-18)15-24/h1-2,7,10-12,18-19,21-24H,3-6,8-9,13-17H2. The second-order valence-corrected chi connectivity index (χ2v) is 10.1. The highest BCUT2D eigenvalue weighted by Gasteiger charge is 2.45. The fourth-order valence-electron chi connectivity index (χ4n) is 7.57. The molecule has 1 aromatic heterocycles. The lowest BCUT2D eigenvalue weighted by Gasteiger charge is -2.55. The number of nitrogens with zero attached hydrogens (tertiary/aromatic N) is 2. The maximum atomic E-state index is 3.08. The molecule has 2 nitrogen and oxygen atoms in total. The van der Waals surface area contributed by atoms with Gasteiger partial charge < -0.3 is 4.57 Å². The molecule has 3 heterocycles. The Morgan fingerprint density at radius 3 is 2.11 bits per heavy atom. The number of benzene rings is 1. The van der Waals surface area contributed by atoms with Crippen molar-refractivity contribution in [3.63, 3.8) is 0 Å². The number of hydrogen-bond donors (Lipinski definition) is 0. The van der Waals surface area contributed by atoms with E-state index in [4.69, 9.17) is 0 Å². The van der Waals surface area contributed by atoms with E-state index in [2.05, 4.69) is 46.0 Å². The number of aromatic nitrogens is 1. The molecule has 0 amide bonds. The summed E-state index contributed by atoms with van der Waals surface area (Å²) in [5.41, 5.74) is 1.45. The third-order valence-corrected chi connectivity index (χ3v) is 8.55. The van der Waals surface area contributed by atoms with Crippen molar-refractivity contribution in [1.82, 2.24) is 9.47 Å². The van der Waals surface area contributed by atoms with Crippen molar-refractivity contribution in [3.8, 4) is 0 Å². The quantitative estimate of drug-likeness (QED) is 0.620. The number of rotatable bonds is 2. The van der Waals surface area contributed by atoms with Crippen LogP contribution < -0.4 is 0 Å². The lowest BCUT2D eigenvalue weighted by atomic mass is 9.68. The molecule has 4 atom stereocenters. The highest BCUT2D eigenvalue weighted by Crippen LogP contribution is 2.47. The molecule has 2 aliphatic carbocycles. The minimum atomic E-state index is 0.708. The van der Waals surface area contributed by atoms with Crippen LogP contribution in [0.2, 0.25) is 0 Å². The van der Waals surface area contributed by atoms with Crippen molar-refractivity contribution in [1.29, 1.82) is 0 Å². The second kappa shape index (κ2) is 6.65. The van der Waals surface area contributed by atoms with Crippen molar-refractivity contribution in [3.05, 3.63) is 36.5 Å². The monoisotopic (exact) mass is 362 g/mol. The Labute approximate surface area is 163 Å². The average molecular weight is 363 g/mol. The number of hydrogen-bond acceptors (Lipinski definition) is 1. The van der Waals surface area contributed by atoms with E-state index in [0.717, 1.165) is 30.0 Å². The van der Waals surface area contributed by atoms with E-state index in [1.165, 1.54) is 75.1 Å². The van der Waals surface area contributed by atoms with Crippen LogP contribution in [-0.4, -0.2) is 27.6 Å². The molecule has 1 aromatic carbocycles. The molecule has 0 radical (unpaired) electrons. The van der Waals surface area contributed by atoms with Gasteiger partial charge in [0.1, 0.15) is 0 Å². The zero-order valence-electron chi connectivity index (χ0n) is 16.6. The zero-order valence-corrected chi connectivity index (χ0v) is 16.6. The Morgan fingerprint density at radius 2 is 1.33 bits per heavy atom. The Kier molecular flexibility index (Phi) is 4.10. The Morgan fingerprint density at radius 1 is 0.630 bits per heavy atom. The van der Waals surface area contributed by atoms with Crippen LogP contribution in [0, 0.1) is 11.8 Å². The van der Waals surface area contributed by atoms with Gasteiger partial charge in [-0.1, -0.05) is 43.9 Å². The minimum Gasteiger partial charge on any atom is -0.344 e. The van der Waals surface area contributed by atoms with Crippen LogP contribution in [0.4, 0.5) is 0 Å². The lowest BCUT2D eigenvalue weighted by Crippen LogP contribution is -2.58. The zero-order chi connectivity index (χ0) is 17.8. The predicted octanol–water partition coefficient (Wildman–Crippen LogP) is 6.17. The summed E-state index contributed by atoms with van der Waals surface area (Å²) in [5.74, 6) is 2.10. The van der Waals surface area contributed by atoms with Crippen LogP contribution >= 0.6 is 0 Å². The highest BCUT2D eigenvalue weighted by atomic mass is 15.2. The van der Waals surface area contributed by atoms with Gasteiger partial charge in [0.05, 0.1) is 0 Å². The summed E-state index contributed by atoms with van der Waals surface area (Å²) >= 11 is 0. The van der Waals surface area contributed by atoms with Crippen molar-refractivity contribution < 1.29 is 0 Å². The molecule has 6 rings (SSSR count). The molecule has 4 fully saturated rings. The van der Waals surface area contributed by atoms with E-state index < -0.39 is 0 Å². The maximum absolute atomic E-state index is 3.08. The summed E-state index contributed by atoms with van der Waals surface area (Å²) in [6.07, 6.45) is 18.6. The van der Waals surface area contributed by atoms with Gasteiger partial charge in [-0.15, -0.1) is 0 Å². The van der Waals surface area contributed by atoms with E-state index in [-0.39, 0.29) is 0 Å². The van der Waals surface area contributed by atoms with Crippen molar-refractivity contribution in [2.45, 2.75) is 94.8 Å². The fourth-order valence-corrected chi connectivity index (χ4v) is 7.57. The van der Waals surface area contributed by atoms with Gasteiger partial charge in [0.15, 0.2) is 0 Å². The molecule has 0 spiro atoms. The fraction of sp³-hybridized carbons (Fsp3) is 0.680. The smallest absolute Gasteiger partial charge is 0.0482 e. The molecule has 2 aliphatic heterocycles. The highest BCUT2D eigenvalue weighted by molar-refractivity contribution is 5.80. The first-order valence-electron chi connectivity index (χ1n) is 11.7. The summed E-state index contributed by atoms with van der Waals surface area (Å²) in [6.45, 7) is 0. The Balaban J connectivity index is 1.26. The van der Waals surface area contributed by atoms with E-state index in [0.29, 0.717) is 6.04 Å². The van der Waals surface area contributed by atoms with Crippen LogP contribution in [-0.2, 0) is 0 Å². The molecule has 2 heteroatoms. The average Bonchev–Trinajstić information content (AvgIpc) is 3.11. The van der Waals surface area contributed by atoms with Gasteiger partial charge in [0, 0.05) is 35.9 Å². The van der Waals surface area contributed by atoms with Crippen molar-refractivity contribution in [2.75, 3.05) is 0 Å². The van der Waals surface area contributed by atoms with Crippen molar-refractivity contribution >= 4 is 10.9 Å². The van der Waals surface area contributed by atoms with E-state index >= 15 is 0 Å². The largest absolute Gasteiger partial charge is 0.344 e. The number of piperidine rings is 2. The van der Waals surface area contributed by atoms with Gasteiger partial charge >= 0.3 is 0 Å².